The first kappa shape index (κ1) is 14.6. The van der Waals surface area contributed by atoms with E-state index in [0.717, 1.165) is 25.9 Å². The Hall–Kier alpha value is -1.29. The Morgan fingerprint density at radius 2 is 2.00 bits per heavy atom. The number of hydrogen-bond acceptors (Lipinski definition) is 3. The molecule has 2 fully saturated rings. The third-order valence-electron chi connectivity index (χ3n) is 4.68. The minimum atomic E-state index is -0.201. The summed E-state index contributed by atoms with van der Waals surface area (Å²) in [5.41, 5.74) is 6.62. The molecule has 116 valence electrons. The van der Waals surface area contributed by atoms with E-state index in [4.69, 9.17) is 10.5 Å². The Morgan fingerprint density at radius 3 is 2.71 bits per heavy atom. The van der Waals surface area contributed by atoms with Gasteiger partial charge in [-0.3, -0.25) is 0 Å². The van der Waals surface area contributed by atoms with Crippen LogP contribution in [0.5, 0.6) is 5.75 Å². The van der Waals surface area contributed by atoms with Crippen molar-refractivity contribution in [1.82, 2.24) is 0 Å². The summed E-state index contributed by atoms with van der Waals surface area (Å²) in [5.74, 6) is 1.09. The van der Waals surface area contributed by atoms with Gasteiger partial charge in [-0.25, -0.2) is 4.39 Å². The quantitative estimate of drug-likeness (QED) is 0.925. The van der Waals surface area contributed by atoms with Crippen LogP contribution in [0.15, 0.2) is 18.2 Å². The molecule has 1 heterocycles. The van der Waals surface area contributed by atoms with Crippen molar-refractivity contribution in [3.63, 3.8) is 0 Å². The van der Waals surface area contributed by atoms with Gasteiger partial charge in [0.1, 0.15) is 11.6 Å². The lowest BCUT2D eigenvalue weighted by Crippen LogP contribution is -2.43. The van der Waals surface area contributed by atoms with Crippen molar-refractivity contribution in [2.75, 3.05) is 24.6 Å². The molecule has 1 aliphatic heterocycles. The molecule has 1 aromatic carbocycles. The Kier molecular flexibility index (Phi) is 4.63. The van der Waals surface area contributed by atoms with Gasteiger partial charge < -0.3 is 15.4 Å². The molecule has 1 unspecified atom stereocenters. The highest BCUT2D eigenvalue weighted by Crippen LogP contribution is 2.29. The maximum Gasteiger partial charge on any atom is 0.150 e. The second-order valence-electron chi connectivity index (χ2n) is 6.42. The summed E-state index contributed by atoms with van der Waals surface area (Å²) >= 11 is 0. The van der Waals surface area contributed by atoms with E-state index in [9.17, 15) is 4.39 Å². The molecule has 2 aliphatic rings. The zero-order chi connectivity index (χ0) is 14.7. The molecule has 0 amide bonds. The van der Waals surface area contributed by atoms with Crippen LogP contribution in [0.1, 0.15) is 38.5 Å². The van der Waals surface area contributed by atoms with Crippen LogP contribution >= 0.6 is 0 Å². The van der Waals surface area contributed by atoms with E-state index >= 15 is 0 Å². The van der Waals surface area contributed by atoms with Crippen molar-refractivity contribution in [1.29, 1.82) is 0 Å². The number of nitrogens with two attached hydrogens (primary N) is 1. The summed E-state index contributed by atoms with van der Waals surface area (Å²) in [6, 6.07) is 5.38. The number of ether oxygens (including phenoxy) is 1. The van der Waals surface area contributed by atoms with Gasteiger partial charge in [0.25, 0.3) is 0 Å². The van der Waals surface area contributed by atoms with Gasteiger partial charge in [0.15, 0.2) is 0 Å². The first-order valence-corrected chi connectivity index (χ1v) is 8.15. The van der Waals surface area contributed by atoms with Crippen LogP contribution in [0, 0.1) is 11.7 Å². The summed E-state index contributed by atoms with van der Waals surface area (Å²) in [6.45, 7) is 2.33. The Bertz CT molecular complexity index is 474. The predicted octanol–water partition coefficient (Wildman–Crippen LogP) is 3.32. The summed E-state index contributed by atoms with van der Waals surface area (Å²) in [4.78, 5) is 2.05. The van der Waals surface area contributed by atoms with Gasteiger partial charge in [-0.15, -0.1) is 0 Å². The summed E-state index contributed by atoms with van der Waals surface area (Å²) in [7, 11) is 0. The summed E-state index contributed by atoms with van der Waals surface area (Å²) < 4.78 is 20.1. The number of hydrogen-bond donors (Lipinski definition) is 1. The highest BCUT2D eigenvalue weighted by atomic mass is 19.1. The topological polar surface area (TPSA) is 38.5 Å². The number of halogens is 1. The average molecular weight is 292 g/mol. The van der Waals surface area contributed by atoms with E-state index in [1.54, 1.807) is 0 Å². The number of rotatable bonds is 4. The van der Waals surface area contributed by atoms with Gasteiger partial charge in [0, 0.05) is 25.2 Å². The van der Waals surface area contributed by atoms with Crippen LogP contribution in [0.25, 0.3) is 0 Å². The molecule has 0 spiro atoms. The van der Waals surface area contributed by atoms with Crippen molar-refractivity contribution < 1.29 is 9.13 Å². The minimum absolute atomic E-state index is 0.149. The monoisotopic (exact) mass is 292 g/mol. The van der Waals surface area contributed by atoms with Crippen LogP contribution in [0.4, 0.5) is 10.1 Å². The smallest absolute Gasteiger partial charge is 0.150 e. The fourth-order valence-corrected chi connectivity index (χ4v) is 3.45. The van der Waals surface area contributed by atoms with Crippen molar-refractivity contribution in [2.45, 2.75) is 44.6 Å². The van der Waals surface area contributed by atoms with Crippen LogP contribution in [-0.2, 0) is 0 Å². The van der Waals surface area contributed by atoms with Crippen LogP contribution in [-0.4, -0.2) is 25.7 Å². The standard InChI is InChI=1S/C17H25FN2O/c18-16-10-15(21-12-13-4-1-2-5-13)7-8-17(16)20-9-3-6-14(19)11-20/h7-8,10,13-14H,1-6,9,11-12,19H2. The predicted molar refractivity (Wildman–Crippen MR) is 83.3 cm³/mol. The maximum atomic E-state index is 14.3. The number of anilines is 1. The third kappa shape index (κ3) is 3.67. The Balaban J connectivity index is 1.61. The molecular formula is C17H25FN2O. The van der Waals surface area contributed by atoms with E-state index in [1.165, 1.54) is 31.7 Å². The van der Waals surface area contributed by atoms with Crippen molar-refractivity contribution in [2.24, 2.45) is 11.7 Å². The maximum absolute atomic E-state index is 14.3. The van der Waals surface area contributed by atoms with E-state index in [-0.39, 0.29) is 11.9 Å². The molecule has 1 aromatic rings. The molecule has 21 heavy (non-hydrogen) atoms. The molecule has 0 aromatic heterocycles. The van der Waals surface area contributed by atoms with Crippen LogP contribution in [0.2, 0.25) is 0 Å². The summed E-state index contributed by atoms with van der Waals surface area (Å²) in [5, 5.41) is 0. The molecular weight excluding hydrogens is 267 g/mol. The van der Waals surface area contributed by atoms with Gasteiger partial charge in [-0.05, 0) is 43.7 Å². The van der Waals surface area contributed by atoms with Crippen molar-refractivity contribution >= 4 is 5.69 Å². The lowest BCUT2D eigenvalue weighted by molar-refractivity contribution is 0.251. The average Bonchev–Trinajstić information content (AvgIpc) is 2.98. The highest BCUT2D eigenvalue weighted by molar-refractivity contribution is 5.51. The second-order valence-corrected chi connectivity index (χ2v) is 6.42. The van der Waals surface area contributed by atoms with Crippen LogP contribution < -0.4 is 15.4 Å². The van der Waals surface area contributed by atoms with Gasteiger partial charge >= 0.3 is 0 Å². The van der Waals surface area contributed by atoms with E-state index in [1.807, 2.05) is 17.0 Å². The molecule has 3 nitrogen and oxygen atoms in total. The van der Waals surface area contributed by atoms with E-state index < -0.39 is 0 Å². The van der Waals surface area contributed by atoms with Gasteiger partial charge in [0.05, 0.1) is 12.3 Å². The van der Waals surface area contributed by atoms with Gasteiger partial charge in [0.2, 0.25) is 0 Å². The Morgan fingerprint density at radius 1 is 1.19 bits per heavy atom. The van der Waals surface area contributed by atoms with Crippen molar-refractivity contribution in [3.05, 3.63) is 24.0 Å². The first-order valence-electron chi connectivity index (χ1n) is 8.15. The van der Waals surface area contributed by atoms with Gasteiger partial charge in [-0.1, -0.05) is 12.8 Å². The normalized spacial score (nSPS) is 23.5. The lowest BCUT2D eigenvalue weighted by Gasteiger charge is -2.32. The molecule has 3 rings (SSSR count). The number of benzene rings is 1. The zero-order valence-electron chi connectivity index (χ0n) is 12.6. The second kappa shape index (κ2) is 6.65. The SMILES string of the molecule is NC1CCCN(c2ccc(OCC3CCCC3)cc2F)C1. The molecule has 1 saturated heterocycles. The first-order chi connectivity index (χ1) is 10.2. The van der Waals surface area contributed by atoms with Crippen LogP contribution in [0.3, 0.4) is 0 Å². The number of nitrogens with zero attached hydrogens (tertiary/aromatic N) is 1. The van der Waals surface area contributed by atoms with E-state index in [0.29, 0.717) is 24.0 Å². The molecule has 1 aliphatic carbocycles. The molecule has 1 saturated carbocycles. The largest absolute Gasteiger partial charge is 0.493 e. The molecule has 0 radical (unpaired) electrons. The summed E-state index contributed by atoms with van der Waals surface area (Å²) in [6.07, 6.45) is 7.15. The zero-order valence-corrected chi connectivity index (χ0v) is 12.6. The van der Waals surface area contributed by atoms with E-state index in [2.05, 4.69) is 0 Å². The fraction of sp³-hybridized carbons (Fsp3) is 0.647. The minimum Gasteiger partial charge on any atom is -0.493 e. The third-order valence-corrected chi connectivity index (χ3v) is 4.68. The van der Waals surface area contributed by atoms with Gasteiger partial charge in [-0.2, -0.15) is 0 Å². The van der Waals surface area contributed by atoms with Crippen molar-refractivity contribution in [3.8, 4) is 5.75 Å². The highest BCUT2D eigenvalue weighted by Gasteiger charge is 2.20. The molecule has 4 heteroatoms. The Labute approximate surface area is 126 Å². The number of piperidine rings is 1. The molecule has 0 bridgehead atoms. The fourth-order valence-electron chi connectivity index (χ4n) is 3.45. The lowest BCUT2D eigenvalue weighted by atomic mass is 10.1. The molecule has 2 N–H and O–H groups in total. The molecule has 1 atom stereocenters.